The van der Waals surface area contributed by atoms with Crippen LogP contribution < -0.4 is 0 Å². The molecule has 1 aromatic heterocycles. The van der Waals surface area contributed by atoms with E-state index in [-0.39, 0.29) is 24.4 Å². The highest BCUT2D eigenvalue weighted by Gasteiger charge is 2.29. The van der Waals surface area contributed by atoms with Crippen molar-refractivity contribution >= 4 is 17.8 Å². The van der Waals surface area contributed by atoms with Crippen LogP contribution in [0.15, 0.2) is 30.3 Å². The lowest BCUT2D eigenvalue weighted by atomic mass is 9.97. The van der Waals surface area contributed by atoms with Crippen LogP contribution in [0, 0.1) is 19.8 Å². The van der Waals surface area contributed by atoms with Gasteiger partial charge < -0.3 is 14.4 Å². The minimum atomic E-state index is -0.554. The van der Waals surface area contributed by atoms with Crippen molar-refractivity contribution in [2.45, 2.75) is 33.2 Å². The van der Waals surface area contributed by atoms with E-state index in [9.17, 15) is 14.4 Å². The van der Waals surface area contributed by atoms with Gasteiger partial charge in [0.1, 0.15) is 5.56 Å². The van der Waals surface area contributed by atoms with Gasteiger partial charge in [0.2, 0.25) is 0 Å². The van der Waals surface area contributed by atoms with Gasteiger partial charge in [-0.15, -0.1) is 0 Å². The van der Waals surface area contributed by atoms with Gasteiger partial charge in [-0.25, -0.2) is 4.79 Å². The van der Waals surface area contributed by atoms with E-state index >= 15 is 0 Å². The zero-order valence-corrected chi connectivity index (χ0v) is 17.6. The Balaban J connectivity index is 1.56. The minimum absolute atomic E-state index is 0.178. The van der Waals surface area contributed by atoms with Crippen molar-refractivity contribution in [3.63, 3.8) is 0 Å². The second-order valence-corrected chi connectivity index (χ2v) is 7.44. The molecule has 1 saturated heterocycles. The molecule has 0 N–H and O–H groups in total. The van der Waals surface area contributed by atoms with E-state index in [1.807, 2.05) is 37.3 Å². The number of carbonyl (C=O) groups is 3. The molecular weight excluding hydrogens is 386 g/mol. The summed E-state index contributed by atoms with van der Waals surface area (Å²) in [5.74, 6) is -1.24. The smallest absolute Gasteiger partial charge is 0.342 e. The number of carbonyl (C=O) groups excluding carboxylic acids is 3. The normalized spacial score (nSPS) is 14.4. The number of benzene rings is 1. The van der Waals surface area contributed by atoms with Crippen LogP contribution in [-0.4, -0.2) is 59.3 Å². The fraction of sp³-hybridized carbons (Fsp3) is 0.455. The van der Waals surface area contributed by atoms with Crippen LogP contribution in [0.5, 0.6) is 0 Å². The summed E-state index contributed by atoms with van der Waals surface area (Å²) in [6, 6.07) is 9.85. The Bertz CT molecular complexity index is 914. The van der Waals surface area contributed by atoms with Gasteiger partial charge in [-0.2, -0.15) is 5.10 Å². The van der Waals surface area contributed by atoms with Crippen molar-refractivity contribution in [3.8, 4) is 0 Å². The van der Waals surface area contributed by atoms with Gasteiger partial charge in [0.05, 0.1) is 31.0 Å². The third-order valence-electron chi connectivity index (χ3n) is 5.47. The van der Waals surface area contributed by atoms with E-state index in [0.717, 1.165) is 5.56 Å². The van der Waals surface area contributed by atoms with E-state index in [1.165, 1.54) is 7.11 Å². The molecule has 1 aliphatic heterocycles. The number of amides is 1. The molecule has 3 rings (SSSR count). The maximum atomic E-state index is 12.6. The number of aromatic nitrogens is 2. The molecular formula is C22H27N3O5. The second-order valence-electron chi connectivity index (χ2n) is 7.44. The summed E-state index contributed by atoms with van der Waals surface area (Å²) in [5.41, 5.74) is 2.74. The van der Waals surface area contributed by atoms with Gasteiger partial charge >= 0.3 is 11.9 Å². The van der Waals surface area contributed by atoms with Gasteiger partial charge in [0.25, 0.3) is 5.91 Å². The number of methoxy groups -OCH3 is 1. The molecule has 1 aliphatic rings. The fourth-order valence-corrected chi connectivity index (χ4v) is 3.72. The van der Waals surface area contributed by atoms with Crippen LogP contribution in [0.2, 0.25) is 0 Å². The Hall–Kier alpha value is -3.16. The van der Waals surface area contributed by atoms with Crippen molar-refractivity contribution in [2.24, 2.45) is 5.92 Å². The average molecular weight is 413 g/mol. The Morgan fingerprint density at radius 1 is 1.10 bits per heavy atom. The lowest BCUT2D eigenvalue weighted by molar-refractivity contribution is -0.149. The number of hydrogen-bond donors (Lipinski definition) is 0. The standard InChI is InChI=1S/C22H27N3O5/c1-15-20(16(2)25(23-15)13-17-7-5-4-6-8-17)22(28)30-14-19(26)24-11-9-18(10-12-24)21(27)29-3/h4-8,18H,9-14H2,1-3H3. The van der Waals surface area contributed by atoms with Crippen molar-refractivity contribution in [1.29, 1.82) is 0 Å². The predicted molar refractivity (Wildman–Crippen MR) is 109 cm³/mol. The van der Waals surface area contributed by atoms with Crippen molar-refractivity contribution < 1.29 is 23.9 Å². The Labute approximate surface area is 175 Å². The molecule has 160 valence electrons. The number of nitrogens with zero attached hydrogens (tertiary/aromatic N) is 3. The van der Waals surface area contributed by atoms with Gasteiger partial charge in [0, 0.05) is 13.1 Å². The van der Waals surface area contributed by atoms with E-state index in [2.05, 4.69) is 5.10 Å². The summed E-state index contributed by atoms with van der Waals surface area (Å²) in [5, 5.41) is 4.45. The number of esters is 2. The van der Waals surface area contributed by atoms with Crippen LogP contribution in [-0.2, 0) is 25.6 Å². The third-order valence-corrected chi connectivity index (χ3v) is 5.47. The molecule has 2 aromatic rings. The molecule has 0 bridgehead atoms. The van der Waals surface area contributed by atoms with Gasteiger partial charge in [-0.05, 0) is 32.3 Å². The summed E-state index contributed by atoms with van der Waals surface area (Å²) in [7, 11) is 1.37. The molecule has 8 nitrogen and oxygen atoms in total. The summed E-state index contributed by atoms with van der Waals surface area (Å²) >= 11 is 0. The van der Waals surface area contributed by atoms with Crippen LogP contribution in [0.3, 0.4) is 0 Å². The summed E-state index contributed by atoms with van der Waals surface area (Å²) in [6.07, 6.45) is 1.10. The molecule has 1 aromatic carbocycles. The maximum Gasteiger partial charge on any atom is 0.342 e. The zero-order chi connectivity index (χ0) is 21.7. The quantitative estimate of drug-likeness (QED) is 0.674. The van der Waals surface area contributed by atoms with Crippen LogP contribution in [0.1, 0.15) is 40.2 Å². The first-order valence-corrected chi connectivity index (χ1v) is 10.0. The first-order valence-electron chi connectivity index (χ1n) is 10.0. The highest BCUT2D eigenvalue weighted by atomic mass is 16.5. The molecule has 0 saturated carbocycles. The van der Waals surface area contributed by atoms with Crippen LogP contribution >= 0.6 is 0 Å². The van der Waals surface area contributed by atoms with E-state index in [4.69, 9.17) is 9.47 Å². The van der Waals surface area contributed by atoms with Crippen molar-refractivity contribution in [1.82, 2.24) is 14.7 Å². The lowest BCUT2D eigenvalue weighted by Gasteiger charge is -2.30. The molecule has 0 atom stereocenters. The van der Waals surface area contributed by atoms with E-state index < -0.39 is 5.97 Å². The summed E-state index contributed by atoms with van der Waals surface area (Å²) in [6.45, 7) is 4.69. The topological polar surface area (TPSA) is 90.7 Å². The number of hydrogen-bond acceptors (Lipinski definition) is 6. The number of likely N-dealkylation sites (tertiary alicyclic amines) is 1. The lowest BCUT2D eigenvalue weighted by Crippen LogP contribution is -2.42. The van der Waals surface area contributed by atoms with Crippen molar-refractivity contribution in [3.05, 3.63) is 52.8 Å². The predicted octanol–water partition coefficient (Wildman–Crippen LogP) is 2.12. The van der Waals surface area contributed by atoms with Gasteiger partial charge in [-0.3, -0.25) is 14.3 Å². The molecule has 30 heavy (non-hydrogen) atoms. The van der Waals surface area contributed by atoms with Crippen LogP contribution in [0.25, 0.3) is 0 Å². The fourth-order valence-electron chi connectivity index (χ4n) is 3.72. The first kappa shape index (κ1) is 21.5. The molecule has 1 fully saturated rings. The summed E-state index contributed by atoms with van der Waals surface area (Å²) in [4.78, 5) is 38.2. The van der Waals surface area contributed by atoms with Crippen LogP contribution in [0.4, 0.5) is 0 Å². The Morgan fingerprint density at radius 2 is 1.77 bits per heavy atom. The molecule has 1 amide bonds. The monoisotopic (exact) mass is 413 g/mol. The van der Waals surface area contributed by atoms with E-state index in [1.54, 1.807) is 16.5 Å². The highest BCUT2D eigenvalue weighted by molar-refractivity contribution is 5.93. The number of aryl methyl sites for hydroxylation is 1. The Kier molecular flexibility index (Phi) is 6.87. The SMILES string of the molecule is COC(=O)C1CCN(C(=O)COC(=O)c2c(C)nn(Cc3ccccc3)c2C)CC1. The van der Waals surface area contributed by atoms with Crippen molar-refractivity contribution in [2.75, 3.05) is 26.8 Å². The Morgan fingerprint density at radius 3 is 2.40 bits per heavy atom. The molecule has 8 heteroatoms. The largest absolute Gasteiger partial charge is 0.469 e. The van der Waals surface area contributed by atoms with E-state index in [0.29, 0.717) is 49.4 Å². The number of ether oxygens (including phenoxy) is 2. The second kappa shape index (κ2) is 9.56. The van der Waals surface area contributed by atoms with Gasteiger partial charge in [0.15, 0.2) is 6.61 Å². The number of rotatable bonds is 6. The third kappa shape index (κ3) is 4.87. The zero-order valence-electron chi connectivity index (χ0n) is 17.6. The van der Waals surface area contributed by atoms with Gasteiger partial charge in [-0.1, -0.05) is 30.3 Å². The molecule has 0 aliphatic carbocycles. The molecule has 2 heterocycles. The average Bonchev–Trinajstić information content (AvgIpc) is 3.04. The summed E-state index contributed by atoms with van der Waals surface area (Å²) < 4.78 is 11.8. The number of piperidine rings is 1. The minimum Gasteiger partial charge on any atom is -0.469 e. The molecule has 0 radical (unpaired) electrons. The first-order chi connectivity index (χ1) is 14.4. The molecule has 0 spiro atoms. The molecule has 0 unspecified atom stereocenters. The maximum absolute atomic E-state index is 12.6. The highest BCUT2D eigenvalue weighted by Crippen LogP contribution is 2.19.